The second-order valence-corrected chi connectivity index (χ2v) is 12.0. The lowest BCUT2D eigenvalue weighted by Gasteiger charge is -2.28. The number of carboxylic acids is 1. The first-order valence-corrected chi connectivity index (χ1v) is 15.5. The molecule has 3 aliphatic heterocycles. The number of carbonyl (C=O) groups is 2. The zero-order chi connectivity index (χ0) is 30.1. The number of hydrogen-bond donors (Lipinski definition) is 2. The van der Waals surface area contributed by atoms with Crippen LogP contribution in [-0.4, -0.2) is 54.9 Å². The lowest BCUT2D eigenvalue weighted by Crippen LogP contribution is -2.35. The van der Waals surface area contributed by atoms with Gasteiger partial charge in [0, 0.05) is 43.0 Å². The molecule has 2 fully saturated rings. The maximum atomic E-state index is 13.7. The molecule has 0 radical (unpaired) electrons. The number of hydrogen-bond acceptors (Lipinski definition) is 6. The Morgan fingerprint density at radius 2 is 1.56 bits per heavy atom. The Morgan fingerprint density at radius 3 is 2.21 bits per heavy atom. The quantitative estimate of drug-likeness (QED) is 0.323. The Morgan fingerprint density at radius 1 is 0.907 bits per heavy atom. The predicted molar refractivity (Wildman–Crippen MR) is 167 cm³/mol. The molecule has 3 aliphatic rings. The van der Waals surface area contributed by atoms with Crippen LogP contribution in [-0.2, 0) is 22.4 Å². The van der Waals surface area contributed by atoms with E-state index in [0.29, 0.717) is 18.0 Å². The largest absolute Gasteiger partial charge is 0.481 e. The second-order valence-electron chi connectivity index (χ2n) is 12.0. The summed E-state index contributed by atoms with van der Waals surface area (Å²) in [5.41, 5.74) is 7.22. The molecule has 1 amide bonds. The van der Waals surface area contributed by atoms with Gasteiger partial charge in [-0.1, -0.05) is 49.7 Å². The van der Waals surface area contributed by atoms with Crippen LogP contribution in [0.5, 0.6) is 11.5 Å². The van der Waals surface area contributed by atoms with E-state index in [9.17, 15) is 14.7 Å². The van der Waals surface area contributed by atoms with Crippen LogP contribution < -0.4 is 19.7 Å². The fraction of sp³-hybridized carbons (Fsp3) is 0.429. The van der Waals surface area contributed by atoms with Crippen molar-refractivity contribution in [2.75, 3.05) is 43.2 Å². The standard InChI is InChI=1S/C35H41N3O5/c1-4-23-16-22(3)17-24(5-2)33(23)36-31(39)20-38-19-28(26-10-13-29-30(18-26)43-21-42-29)32(35(40)41)34(38)25-8-11-27(12-9-25)37-14-6-7-15-37/h8-13,16-18,28,32,34H,4-7,14-15,19-21H2,1-3H3,(H,36,39)(H,40,41)/t28-,32-,34+/m1/s1. The van der Waals surface area contributed by atoms with Crippen molar-refractivity contribution in [2.45, 2.75) is 58.4 Å². The normalized spacial score (nSPS) is 21.4. The van der Waals surface area contributed by atoms with Crippen LogP contribution in [0.25, 0.3) is 0 Å². The number of rotatable bonds is 9. The number of carbonyl (C=O) groups excluding carboxylic acids is 1. The third kappa shape index (κ3) is 5.80. The third-order valence-corrected chi connectivity index (χ3v) is 9.23. The van der Waals surface area contributed by atoms with Gasteiger partial charge in [0.15, 0.2) is 11.5 Å². The third-order valence-electron chi connectivity index (χ3n) is 9.23. The average Bonchev–Trinajstić information content (AvgIpc) is 3.77. The van der Waals surface area contributed by atoms with Crippen molar-refractivity contribution in [3.8, 4) is 11.5 Å². The topological polar surface area (TPSA) is 91.3 Å². The molecule has 0 unspecified atom stereocenters. The van der Waals surface area contributed by atoms with Crippen molar-refractivity contribution >= 4 is 23.3 Å². The van der Waals surface area contributed by atoms with E-state index in [1.165, 1.54) is 18.4 Å². The summed E-state index contributed by atoms with van der Waals surface area (Å²) in [5.74, 6) is -0.803. The maximum absolute atomic E-state index is 13.7. The number of nitrogens with one attached hydrogen (secondary N) is 1. The molecular weight excluding hydrogens is 542 g/mol. The Balaban J connectivity index is 1.33. The van der Waals surface area contributed by atoms with E-state index in [2.05, 4.69) is 55.3 Å². The molecule has 6 rings (SSSR count). The van der Waals surface area contributed by atoms with Gasteiger partial charge < -0.3 is 24.8 Å². The number of anilines is 2. The summed E-state index contributed by atoms with van der Waals surface area (Å²) < 4.78 is 11.1. The predicted octanol–water partition coefficient (Wildman–Crippen LogP) is 5.93. The number of amides is 1. The summed E-state index contributed by atoms with van der Waals surface area (Å²) in [5, 5.41) is 13.9. The molecule has 3 aromatic rings. The van der Waals surface area contributed by atoms with Crippen molar-refractivity contribution in [1.82, 2.24) is 4.90 Å². The first-order valence-electron chi connectivity index (χ1n) is 15.5. The highest BCUT2D eigenvalue weighted by Crippen LogP contribution is 2.48. The van der Waals surface area contributed by atoms with E-state index in [0.717, 1.165) is 59.6 Å². The molecule has 43 heavy (non-hydrogen) atoms. The van der Waals surface area contributed by atoms with Crippen LogP contribution in [0.1, 0.15) is 66.5 Å². The Labute approximate surface area is 253 Å². The summed E-state index contributed by atoms with van der Waals surface area (Å²) in [6.07, 6.45) is 4.00. The van der Waals surface area contributed by atoms with Crippen LogP contribution >= 0.6 is 0 Å². The van der Waals surface area contributed by atoms with E-state index in [-0.39, 0.29) is 25.2 Å². The molecule has 3 heterocycles. The van der Waals surface area contributed by atoms with E-state index in [1.807, 2.05) is 35.2 Å². The number of carboxylic acid groups (broad SMARTS) is 1. The van der Waals surface area contributed by atoms with Crippen LogP contribution in [0, 0.1) is 12.8 Å². The summed E-state index contributed by atoms with van der Waals surface area (Å²) in [7, 11) is 0. The average molecular weight is 584 g/mol. The van der Waals surface area contributed by atoms with Gasteiger partial charge in [0.05, 0.1) is 12.5 Å². The van der Waals surface area contributed by atoms with E-state index >= 15 is 0 Å². The monoisotopic (exact) mass is 583 g/mol. The molecule has 0 aromatic heterocycles. The minimum atomic E-state index is -0.876. The van der Waals surface area contributed by atoms with Gasteiger partial charge >= 0.3 is 5.97 Å². The van der Waals surface area contributed by atoms with Crippen molar-refractivity contribution < 1.29 is 24.2 Å². The SMILES string of the molecule is CCc1cc(C)cc(CC)c1NC(=O)CN1C[C@H](c2ccc3c(c2)OCO3)[C@@H](C(=O)O)[C@@H]1c1ccc(N2CCCC2)cc1. The first-order chi connectivity index (χ1) is 20.9. The molecule has 0 aliphatic carbocycles. The number of likely N-dealkylation sites (tertiary alicyclic amines) is 1. The van der Waals surface area contributed by atoms with Crippen LogP contribution in [0.4, 0.5) is 11.4 Å². The van der Waals surface area contributed by atoms with Gasteiger partial charge in [-0.3, -0.25) is 14.5 Å². The van der Waals surface area contributed by atoms with Gasteiger partial charge in [0.25, 0.3) is 0 Å². The lowest BCUT2D eigenvalue weighted by atomic mass is 9.82. The van der Waals surface area contributed by atoms with Crippen molar-refractivity contribution in [2.24, 2.45) is 5.92 Å². The van der Waals surface area contributed by atoms with Crippen molar-refractivity contribution in [3.05, 3.63) is 82.4 Å². The smallest absolute Gasteiger partial charge is 0.309 e. The highest BCUT2D eigenvalue weighted by atomic mass is 16.7. The fourth-order valence-electron chi connectivity index (χ4n) is 7.15. The molecule has 3 atom stereocenters. The minimum absolute atomic E-state index is 0.0869. The molecule has 8 nitrogen and oxygen atoms in total. The Bertz CT molecular complexity index is 1470. The summed E-state index contributed by atoms with van der Waals surface area (Å²) in [6, 6.07) is 17.8. The zero-order valence-corrected chi connectivity index (χ0v) is 25.3. The summed E-state index contributed by atoms with van der Waals surface area (Å²) >= 11 is 0. The molecule has 0 spiro atoms. The highest BCUT2D eigenvalue weighted by molar-refractivity contribution is 5.94. The molecule has 0 saturated carbocycles. The molecule has 2 N–H and O–H groups in total. The minimum Gasteiger partial charge on any atom is -0.481 e. The molecule has 8 heteroatoms. The maximum Gasteiger partial charge on any atom is 0.309 e. The van der Waals surface area contributed by atoms with E-state index in [1.54, 1.807) is 0 Å². The number of aliphatic carboxylic acids is 1. The van der Waals surface area contributed by atoms with Gasteiger partial charge in [-0.15, -0.1) is 0 Å². The summed E-state index contributed by atoms with van der Waals surface area (Å²) in [6.45, 7) is 9.02. The van der Waals surface area contributed by atoms with Gasteiger partial charge in [-0.05, 0) is 79.1 Å². The molecule has 3 aromatic carbocycles. The van der Waals surface area contributed by atoms with Gasteiger partial charge in [-0.25, -0.2) is 0 Å². The number of fused-ring (bicyclic) bond motifs is 1. The van der Waals surface area contributed by atoms with Crippen molar-refractivity contribution in [1.29, 1.82) is 0 Å². The number of ether oxygens (including phenoxy) is 2. The summed E-state index contributed by atoms with van der Waals surface area (Å²) in [4.78, 5) is 31.1. The highest BCUT2D eigenvalue weighted by Gasteiger charge is 2.48. The van der Waals surface area contributed by atoms with Gasteiger partial charge in [-0.2, -0.15) is 0 Å². The Hall–Kier alpha value is -4.04. The molecule has 226 valence electrons. The number of nitrogens with zero attached hydrogens (tertiary/aromatic N) is 2. The number of benzene rings is 3. The van der Waals surface area contributed by atoms with E-state index < -0.39 is 17.9 Å². The molecule has 0 bridgehead atoms. The van der Waals surface area contributed by atoms with Crippen LogP contribution in [0.2, 0.25) is 0 Å². The van der Waals surface area contributed by atoms with Gasteiger partial charge in [0.2, 0.25) is 12.7 Å². The van der Waals surface area contributed by atoms with Crippen LogP contribution in [0.3, 0.4) is 0 Å². The fourth-order valence-corrected chi connectivity index (χ4v) is 7.15. The second kappa shape index (κ2) is 12.3. The van der Waals surface area contributed by atoms with Crippen LogP contribution in [0.15, 0.2) is 54.6 Å². The number of aryl methyl sites for hydroxylation is 3. The van der Waals surface area contributed by atoms with Gasteiger partial charge in [0.1, 0.15) is 0 Å². The zero-order valence-electron chi connectivity index (χ0n) is 25.3. The first kappa shape index (κ1) is 29.1. The molecular formula is C35H41N3O5. The lowest BCUT2D eigenvalue weighted by molar-refractivity contribution is -0.143. The van der Waals surface area contributed by atoms with E-state index in [4.69, 9.17) is 9.47 Å². The Kier molecular flexibility index (Phi) is 8.30. The van der Waals surface area contributed by atoms with Crippen molar-refractivity contribution in [3.63, 3.8) is 0 Å². The molecule has 2 saturated heterocycles.